The Morgan fingerprint density at radius 1 is 1.13 bits per heavy atom. The van der Waals surface area contributed by atoms with Gasteiger partial charge in [-0.15, -0.1) is 11.8 Å². The first-order chi connectivity index (χ1) is 15.1. The van der Waals surface area contributed by atoms with Crippen LogP contribution in [-0.2, 0) is 5.75 Å². The van der Waals surface area contributed by atoms with Crippen molar-refractivity contribution in [3.8, 4) is 0 Å². The Morgan fingerprint density at radius 3 is 2.65 bits per heavy atom. The van der Waals surface area contributed by atoms with Gasteiger partial charge in [-0.05, 0) is 67.6 Å². The summed E-state index contributed by atoms with van der Waals surface area (Å²) in [5.41, 5.74) is 2.74. The van der Waals surface area contributed by atoms with Crippen LogP contribution in [0, 0.1) is 11.8 Å². The van der Waals surface area contributed by atoms with Crippen LogP contribution >= 0.6 is 11.8 Å². The maximum atomic E-state index is 12.4. The van der Waals surface area contributed by atoms with Crippen molar-refractivity contribution in [2.75, 3.05) is 26.2 Å². The fourth-order valence-electron chi connectivity index (χ4n) is 4.50. The number of imidazole rings is 1. The van der Waals surface area contributed by atoms with Gasteiger partial charge in [-0.2, -0.15) is 0 Å². The number of benzene rings is 1. The van der Waals surface area contributed by atoms with E-state index < -0.39 is 0 Å². The molecule has 4 rings (SSSR count). The number of hydrogen-bond acceptors (Lipinski definition) is 4. The summed E-state index contributed by atoms with van der Waals surface area (Å²) in [6.45, 7) is 8.84. The summed E-state index contributed by atoms with van der Waals surface area (Å²) in [6.07, 6.45) is 6.41. The molecule has 0 spiro atoms. The summed E-state index contributed by atoms with van der Waals surface area (Å²) in [6, 6.07) is 13.9. The van der Waals surface area contributed by atoms with Gasteiger partial charge in [0.15, 0.2) is 0 Å². The number of rotatable bonds is 8. The summed E-state index contributed by atoms with van der Waals surface area (Å²) in [5.74, 6) is 2.38. The summed E-state index contributed by atoms with van der Waals surface area (Å²) in [4.78, 5) is 20.8. The topological polar surface area (TPSA) is 49.6 Å². The molecule has 3 heterocycles. The number of aromatic nitrogens is 2. The van der Waals surface area contributed by atoms with Crippen LogP contribution in [-0.4, -0.2) is 46.4 Å². The Hall–Kier alpha value is -2.31. The highest BCUT2D eigenvalue weighted by Crippen LogP contribution is 2.23. The number of carbonyl (C=O) groups excluding carboxylic acids is 1. The van der Waals surface area contributed by atoms with Crippen molar-refractivity contribution < 1.29 is 4.79 Å². The molecule has 3 aromatic rings. The third-order valence-corrected chi connectivity index (χ3v) is 6.84. The van der Waals surface area contributed by atoms with Crippen LogP contribution in [0.5, 0.6) is 0 Å². The standard InChI is InChI=1S/C25H32N4OS/c1-19-14-20(2)16-28(15-19)12-5-11-26-25(30)21-7-9-23(10-8-21)31-18-22-17-29-13-4-3-6-24(29)27-22/h3-4,6-10,13,17,19-20H,5,11-12,14-16,18H2,1-2H3,(H,26,30). The Balaban J connectivity index is 1.20. The molecule has 2 unspecified atom stereocenters. The first-order valence-corrected chi connectivity index (χ1v) is 12.2. The largest absolute Gasteiger partial charge is 0.352 e. The van der Waals surface area contributed by atoms with Crippen molar-refractivity contribution in [3.63, 3.8) is 0 Å². The number of nitrogens with zero attached hydrogens (tertiary/aromatic N) is 3. The van der Waals surface area contributed by atoms with E-state index in [0.29, 0.717) is 0 Å². The van der Waals surface area contributed by atoms with Crippen molar-refractivity contribution in [3.05, 3.63) is 66.1 Å². The third kappa shape index (κ3) is 6.11. The Morgan fingerprint density at radius 2 is 1.90 bits per heavy atom. The monoisotopic (exact) mass is 436 g/mol. The smallest absolute Gasteiger partial charge is 0.251 e. The average Bonchev–Trinajstić information content (AvgIpc) is 3.18. The van der Waals surface area contributed by atoms with Gasteiger partial charge in [-0.25, -0.2) is 4.98 Å². The summed E-state index contributed by atoms with van der Waals surface area (Å²) in [5, 5.41) is 3.07. The first-order valence-electron chi connectivity index (χ1n) is 11.2. The van der Waals surface area contributed by atoms with Crippen LogP contribution in [0.2, 0.25) is 0 Å². The molecule has 31 heavy (non-hydrogen) atoms. The predicted octanol–water partition coefficient (Wildman–Crippen LogP) is 4.72. The van der Waals surface area contributed by atoms with Crippen LogP contribution in [0.25, 0.3) is 5.65 Å². The maximum absolute atomic E-state index is 12.4. The number of hydrogen-bond donors (Lipinski definition) is 1. The molecule has 1 aliphatic rings. The molecular formula is C25H32N4OS. The second kappa shape index (κ2) is 10.3. The number of carbonyl (C=O) groups is 1. The number of nitrogens with one attached hydrogen (secondary N) is 1. The molecule has 0 bridgehead atoms. The van der Waals surface area contributed by atoms with Crippen molar-refractivity contribution >= 4 is 23.3 Å². The molecule has 2 atom stereocenters. The molecule has 1 saturated heterocycles. The van der Waals surface area contributed by atoms with Crippen molar-refractivity contribution in [2.45, 2.75) is 37.3 Å². The van der Waals surface area contributed by atoms with E-state index in [4.69, 9.17) is 0 Å². The Bertz CT molecular complexity index is 957. The van der Waals surface area contributed by atoms with Crippen molar-refractivity contribution in [1.82, 2.24) is 19.6 Å². The molecule has 0 radical (unpaired) electrons. The predicted molar refractivity (Wildman–Crippen MR) is 128 cm³/mol. The van der Waals surface area contributed by atoms with Crippen LogP contribution in [0.15, 0.2) is 59.8 Å². The molecule has 164 valence electrons. The van der Waals surface area contributed by atoms with E-state index in [1.54, 1.807) is 11.8 Å². The number of amides is 1. The zero-order chi connectivity index (χ0) is 21.6. The van der Waals surface area contributed by atoms with Gasteiger partial charge in [0.05, 0.1) is 5.69 Å². The van der Waals surface area contributed by atoms with Crippen LogP contribution in [0.4, 0.5) is 0 Å². The average molecular weight is 437 g/mol. The molecule has 1 N–H and O–H groups in total. The van der Waals surface area contributed by atoms with Gasteiger partial charge in [0, 0.05) is 48.2 Å². The number of pyridine rings is 1. The molecule has 1 amide bonds. The highest BCUT2D eigenvalue weighted by molar-refractivity contribution is 7.98. The summed E-state index contributed by atoms with van der Waals surface area (Å²) in [7, 11) is 0. The Labute approximate surface area is 189 Å². The molecule has 0 saturated carbocycles. The van der Waals surface area contributed by atoms with E-state index in [0.717, 1.165) is 58.9 Å². The second-order valence-electron chi connectivity index (χ2n) is 8.83. The number of thioether (sulfide) groups is 1. The first kappa shape index (κ1) is 21.9. The van der Waals surface area contributed by atoms with Gasteiger partial charge >= 0.3 is 0 Å². The number of fused-ring (bicyclic) bond motifs is 1. The van der Waals surface area contributed by atoms with E-state index in [9.17, 15) is 4.79 Å². The van der Waals surface area contributed by atoms with Gasteiger partial charge in [0.2, 0.25) is 0 Å². The minimum atomic E-state index is 0.0114. The normalized spacial score (nSPS) is 19.5. The molecule has 1 aliphatic heterocycles. The minimum Gasteiger partial charge on any atom is -0.352 e. The van der Waals surface area contributed by atoms with Gasteiger partial charge in [0.1, 0.15) is 5.65 Å². The van der Waals surface area contributed by atoms with E-state index in [2.05, 4.69) is 35.2 Å². The summed E-state index contributed by atoms with van der Waals surface area (Å²) >= 11 is 1.73. The highest BCUT2D eigenvalue weighted by Gasteiger charge is 2.21. The van der Waals surface area contributed by atoms with E-state index in [-0.39, 0.29) is 5.91 Å². The maximum Gasteiger partial charge on any atom is 0.251 e. The van der Waals surface area contributed by atoms with Crippen LogP contribution < -0.4 is 5.32 Å². The molecule has 1 fully saturated rings. The molecule has 2 aromatic heterocycles. The van der Waals surface area contributed by atoms with Gasteiger partial charge in [-0.3, -0.25) is 4.79 Å². The lowest BCUT2D eigenvalue weighted by Gasteiger charge is -2.34. The van der Waals surface area contributed by atoms with Gasteiger partial charge in [-0.1, -0.05) is 19.9 Å². The molecule has 5 nitrogen and oxygen atoms in total. The lowest BCUT2D eigenvalue weighted by molar-refractivity contribution is 0.0947. The number of piperidine rings is 1. The number of likely N-dealkylation sites (tertiary alicyclic amines) is 1. The molecule has 0 aliphatic carbocycles. The minimum absolute atomic E-state index is 0.0114. The SMILES string of the molecule is CC1CC(C)CN(CCCNC(=O)c2ccc(SCc3cn4ccccc4n3)cc2)C1. The highest BCUT2D eigenvalue weighted by atomic mass is 32.2. The van der Waals surface area contributed by atoms with E-state index in [1.165, 1.54) is 19.5 Å². The lowest BCUT2D eigenvalue weighted by atomic mass is 9.92. The van der Waals surface area contributed by atoms with E-state index >= 15 is 0 Å². The quantitative estimate of drug-likeness (QED) is 0.410. The zero-order valence-electron chi connectivity index (χ0n) is 18.5. The van der Waals surface area contributed by atoms with Gasteiger partial charge < -0.3 is 14.6 Å². The fraction of sp³-hybridized carbons (Fsp3) is 0.440. The van der Waals surface area contributed by atoms with Crippen molar-refractivity contribution in [2.24, 2.45) is 11.8 Å². The Kier molecular flexibility index (Phi) is 7.30. The lowest BCUT2D eigenvalue weighted by Crippen LogP contribution is -2.40. The van der Waals surface area contributed by atoms with E-state index in [1.807, 2.05) is 53.1 Å². The van der Waals surface area contributed by atoms with Crippen LogP contribution in [0.3, 0.4) is 0 Å². The molecule has 1 aromatic carbocycles. The molecule has 6 heteroatoms. The second-order valence-corrected chi connectivity index (χ2v) is 9.88. The van der Waals surface area contributed by atoms with Gasteiger partial charge in [0.25, 0.3) is 5.91 Å². The van der Waals surface area contributed by atoms with Crippen molar-refractivity contribution in [1.29, 1.82) is 0 Å². The summed E-state index contributed by atoms with van der Waals surface area (Å²) < 4.78 is 2.04. The van der Waals surface area contributed by atoms with Crippen LogP contribution in [0.1, 0.15) is 42.7 Å². The molecular weight excluding hydrogens is 404 g/mol. The zero-order valence-corrected chi connectivity index (χ0v) is 19.3. The fourth-order valence-corrected chi connectivity index (χ4v) is 5.28. The third-order valence-electron chi connectivity index (χ3n) is 5.80.